The predicted molar refractivity (Wildman–Crippen MR) is 275 cm³/mol. The average Bonchev–Trinajstić information content (AvgIpc) is 3.83. The molecule has 3 aromatic rings. The number of nitrogens with one attached hydrogen (secondary N) is 4. The van der Waals surface area contributed by atoms with Crippen LogP contribution >= 0.6 is 11.8 Å². The molecule has 0 aliphatic carbocycles. The number of nitrogens with zero attached hydrogens (tertiary/aromatic N) is 6. The minimum absolute atomic E-state index is 0.0200. The molecule has 21 nitrogen and oxygen atoms in total. The van der Waals surface area contributed by atoms with Crippen LogP contribution in [0.25, 0.3) is 5.70 Å². The number of rotatable bonds is 22. The highest BCUT2D eigenvalue weighted by atomic mass is 32.2. The molecule has 4 amide bonds. The van der Waals surface area contributed by atoms with Crippen molar-refractivity contribution < 1.29 is 29.0 Å². The summed E-state index contributed by atoms with van der Waals surface area (Å²) in [6, 6.07) is 14.1. The lowest BCUT2D eigenvalue weighted by Gasteiger charge is -2.31. The summed E-state index contributed by atoms with van der Waals surface area (Å²) in [6.45, 7) is 7.33. The zero-order valence-corrected chi connectivity index (χ0v) is 41.3. The van der Waals surface area contributed by atoms with Crippen molar-refractivity contribution in [3.8, 4) is 23.7 Å². The second-order valence-corrected chi connectivity index (χ2v) is 17.9. The number of amides is 4. The normalized spacial score (nSPS) is 17.2. The highest BCUT2D eigenvalue weighted by Crippen LogP contribution is 2.31. The van der Waals surface area contributed by atoms with Gasteiger partial charge in [0.1, 0.15) is 18.0 Å². The van der Waals surface area contributed by atoms with E-state index in [1.165, 1.54) is 46.1 Å². The number of nitrogens with two attached hydrogens (primary N) is 5. The second-order valence-electron chi connectivity index (χ2n) is 16.8. The third kappa shape index (κ3) is 16.6. The summed E-state index contributed by atoms with van der Waals surface area (Å²) >= 11 is 1.54. The Labute approximate surface area is 419 Å². The van der Waals surface area contributed by atoms with Gasteiger partial charge in [-0.3, -0.25) is 29.1 Å². The number of ether oxygens (including phenoxy) is 1. The number of carbonyl (C=O) groups excluding carboxylic acids is 4. The molecule has 0 saturated carbocycles. The molecule has 0 radical (unpaired) electrons. The second kappa shape index (κ2) is 28.1. The molecular formula is C49H67N15O6S. The third-order valence-electron chi connectivity index (χ3n) is 11.6. The van der Waals surface area contributed by atoms with E-state index in [0.717, 1.165) is 36.4 Å². The number of aliphatic hydroxyl groups excluding tert-OH is 1. The number of piperidine rings is 1. The maximum absolute atomic E-state index is 12.9. The molecule has 0 spiro atoms. The zero-order valence-electron chi connectivity index (χ0n) is 40.5. The van der Waals surface area contributed by atoms with Crippen LogP contribution in [0, 0.1) is 29.6 Å². The predicted octanol–water partition coefficient (Wildman–Crippen LogP) is 0.176. The van der Waals surface area contributed by atoms with Gasteiger partial charge in [0.2, 0.25) is 18.2 Å². The first-order valence-electron chi connectivity index (χ1n) is 23.4. The number of benzene rings is 2. The van der Waals surface area contributed by atoms with Gasteiger partial charge < -0.3 is 58.2 Å². The van der Waals surface area contributed by atoms with Crippen molar-refractivity contribution in [3.63, 3.8) is 0 Å². The Morgan fingerprint density at radius 2 is 1.70 bits per heavy atom. The quantitative estimate of drug-likeness (QED) is 0.0122. The Bertz CT molecular complexity index is 2460. The Morgan fingerprint density at radius 3 is 2.37 bits per heavy atom. The standard InChI is InChI=1S/C49H67N15O6S/c1-4-26-71-49-59-45(57-21-19-50)44(52)46(60-49)64(54)29-36-9-7-34(8-10-36)6-5-20-58-48(69)38-17-23-61(24-18-38)25-22-56-42(67)16-13-35-11-14-37(15-12-35)39(51)30-63(53)40-27-43(70-41(40)31-65)62(32-66)28-33(2)47(68)55-3/h7-12,14-15,28,30,32,38,40-41,43,65H,4,17-27,29,31,50-54H2,1-3H3,(H,55,68)(H,56,67)(H,58,69)(H,57,59,60)/b33-28-,39-30-. The average molecular weight is 994 g/mol. The van der Waals surface area contributed by atoms with E-state index >= 15 is 0 Å². The van der Waals surface area contributed by atoms with E-state index in [2.05, 4.69) is 66.7 Å². The van der Waals surface area contributed by atoms with Crippen molar-refractivity contribution >= 4 is 58.9 Å². The third-order valence-corrected chi connectivity index (χ3v) is 12.6. The number of aliphatic hydroxyl groups is 1. The van der Waals surface area contributed by atoms with Crippen LogP contribution in [0.5, 0.6) is 0 Å². The first-order valence-corrected chi connectivity index (χ1v) is 24.4. The number of likely N-dealkylation sites (tertiary alicyclic amines) is 1. The molecule has 3 unspecified atom stereocenters. The Balaban J connectivity index is 0.993. The van der Waals surface area contributed by atoms with Crippen LogP contribution in [-0.4, -0.2) is 138 Å². The summed E-state index contributed by atoms with van der Waals surface area (Å²) in [5.41, 5.74) is 22.4. The molecule has 2 aliphatic heterocycles. The molecule has 2 aromatic carbocycles. The van der Waals surface area contributed by atoms with E-state index in [0.29, 0.717) is 96.9 Å². The lowest BCUT2D eigenvalue weighted by molar-refractivity contribution is -0.128. The fraction of sp³-hybridized carbons (Fsp3) is 0.429. The largest absolute Gasteiger partial charge is 0.397 e. The zero-order chi connectivity index (χ0) is 51.3. The summed E-state index contributed by atoms with van der Waals surface area (Å²) in [5, 5.41) is 24.8. The van der Waals surface area contributed by atoms with E-state index in [4.69, 9.17) is 33.6 Å². The van der Waals surface area contributed by atoms with E-state index in [1.54, 1.807) is 31.2 Å². The summed E-state index contributed by atoms with van der Waals surface area (Å²) < 4.78 is 5.88. The summed E-state index contributed by atoms with van der Waals surface area (Å²) in [7, 11) is 1.49. The minimum atomic E-state index is -0.764. The molecule has 2 saturated heterocycles. The highest BCUT2D eigenvalue weighted by Gasteiger charge is 2.40. The molecule has 1 aromatic heterocycles. The number of aromatic nitrogens is 2. The first-order chi connectivity index (χ1) is 34.3. The van der Waals surface area contributed by atoms with Crippen LogP contribution in [0.3, 0.4) is 0 Å². The number of carbonyl (C=O) groups is 4. The molecule has 2 fully saturated rings. The summed E-state index contributed by atoms with van der Waals surface area (Å²) in [5.74, 6) is 25.4. The van der Waals surface area contributed by atoms with Gasteiger partial charge in [0.15, 0.2) is 16.8 Å². The van der Waals surface area contributed by atoms with Crippen LogP contribution in [0.15, 0.2) is 71.7 Å². The van der Waals surface area contributed by atoms with Gasteiger partial charge in [-0.1, -0.05) is 60.7 Å². The van der Waals surface area contributed by atoms with Gasteiger partial charge in [0, 0.05) is 86.3 Å². The van der Waals surface area contributed by atoms with Gasteiger partial charge in [-0.25, -0.2) is 21.7 Å². The van der Waals surface area contributed by atoms with Crippen LogP contribution in [-0.2, 0) is 30.5 Å². The van der Waals surface area contributed by atoms with Crippen molar-refractivity contribution in [2.24, 2.45) is 29.1 Å². The monoisotopic (exact) mass is 994 g/mol. The number of hydrogen-bond donors (Lipinski definition) is 10. The van der Waals surface area contributed by atoms with Crippen molar-refractivity contribution in [2.75, 3.05) is 81.3 Å². The smallest absolute Gasteiger partial charge is 0.296 e. The van der Waals surface area contributed by atoms with Crippen molar-refractivity contribution in [2.45, 2.75) is 69.6 Å². The van der Waals surface area contributed by atoms with Crippen LogP contribution in [0.1, 0.15) is 61.8 Å². The number of thioether (sulfide) groups is 1. The molecule has 15 N–H and O–H groups in total. The SMILES string of the molecule is CCCSc1nc(NCCN)c(N)c(N(N)Cc2ccc(C#CCNC(=O)C3CCN(CCNC(=O)C#Cc4ccc(/C(N)=C/N(N)C5CC(N(C=O)/C=C(/C)C(=O)NC)OC5CO)cc4)CC3)cc2)n1. The molecule has 2 aliphatic rings. The lowest BCUT2D eigenvalue weighted by atomic mass is 9.96. The maximum atomic E-state index is 12.9. The molecule has 3 heterocycles. The van der Waals surface area contributed by atoms with Gasteiger partial charge in [0.05, 0.1) is 31.4 Å². The highest BCUT2D eigenvalue weighted by molar-refractivity contribution is 7.99. The van der Waals surface area contributed by atoms with Gasteiger partial charge in [0.25, 0.3) is 5.91 Å². The lowest BCUT2D eigenvalue weighted by Crippen LogP contribution is -2.43. The molecule has 71 heavy (non-hydrogen) atoms. The van der Waals surface area contributed by atoms with Crippen molar-refractivity contribution in [1.29, 1.82) is 0 Å². The van der Waals surface area contributed by atoms with Gasteiger partial charge in [-0.2, -0.15) is 0 Å². The van der Waals surface area contributed by atoms with Gasteiger partial charge in [-0.15, -0.1) is 0 Å². The fourth-order valence-electron chi connectivity index (χ4n) is 7.66. The number of anilines is 3. The molecular weight excluding hydrogens is 927 g/mol. The summed E-state index contributed by atoms with van der Waals surface area (Å²) in [4.78, 5) is 61.8. The van der Waals surface area contributed by atoms with E-state index in [9.17, 15) is 24.3 Å². The van der Waals surface area contributed by atoms with Crippen molar-refractivity contribution in [3.05, 3.63) is 88.8 Å². The molecule has 380 valence electrons. The number of hydrazine groups is 2. The van der Waals surface area contributed by atoms with Crippen molar-refractivity contribution in [1.82, 2.24) is 40.7 Å². The van der Waals surface area contributed by atoms with Crippen LogP contribution in [0.4, 0.5) is 17.3 Å². The van der Waals surface area contributed by atoms with Gasteiger partial charge >= 0.3 is 0 Å². The van der Waals surface area contributed by atoms with E-state index in [1.807, 2.05) is 24.3 Å². The Kier molecular flexibility index (Phi) is 21.8. The topological polar surface area (TPSA) is 315 Å². The van der Waals surface area contributed by atoms with E-state index < -0.39 is 24.3 Å². The maximum Gasteiger partial charge on any atom is 0.296 e. The number of likely N-dealkylation sites (N-methyl/N-ethyl adjacent to an activating group) is 1. The molecule has 22 heteroatoms. The van der Waals surface area contributed by atoms with Crippen LogP contribution in [0.2, 0.25) is 0 Å². The van der Waals surface area contributed by atoms with E-state index in [-0.39, 0.29) is 37.3 Å². The number of nitrogen functional groups attached to an aromatic ring is 1. The summed E-state index contributed by atoms with van der Waals surface area (Å²) in [6.07, 6.45) is 4.57. The van der Waals surface area contributed by atoms with Crippen LogP contribution < -0.4 is 55.2 Å². The molecule has 0 bridgehead atoms. The Morgan fingerprint density at radius 1 is 1.00 bits per heavy atom. The first kappa shape index (κ1) is 55.0. The fourth-order valence-corrected chi connectivity index (χ4v) is 8.35. The number of hydrogen-bond acceptors (Lipinski definition) is 18. The molecule has 5 rings (SSSR count). The molecule has 3 atom stereocenters. The minimum Gasteiger partial charge on any atom is -0.397 e. The van der Waals surface area contributed by atoms with Gasteiger partial charge in [-0.05, 0) is 74.7 Å². The Hall–Kier alpha value is -6.89.